The van der Waals surface area contributed by atoms with Gasteiger partial charge in [-0.15, -0.1) is 0 Å². The average Bonchev–Trinajstić information content (AvgIpc) is 3.17. The Kier molecular flexibility index (Phi) is 7.03. The van der Waals surface area contributed by atoms with E-state index in [4.69, 9.17) is 10.00 Å². The lowest BCUT2D eigenvalue weighted by molar-refractivity contribution is -0.121. The summed E-state index contributed by atoms with van der Waals surface area (Å²) in [7, 11) is 0. The number of nitriles is 1. The Morgan fingerprint density at radius 2 is 1.87 bits per heavy atom. The number of hydrogen-bond donors (Lipinski definition) is 0. The van der Waals surface area contributed by atoms with Gasteiger partial charge in [-0.1, -0.05) is 18.2 Å². The van der Waals surface area contributed by atoms with Crippen molar-refractivity contribution >= 4 is 29.2 Å². The van der Waals surface area contributed by atoms with Gasteiger partial charge in [-0.05, 0) is 55.7 Å². The molecule has 0 N–H and O–H groups in total. The average molecular weight is 419 g/mol. The Morgan fingerprint density at radius 1 is 1.16 bits per heavy atom. The maximum Gasteiger partial charge on any atom is 0.340 e. The first kappa shape index (κ1) is 22.0. The molecule has 0 aromatic heterocycles. The standard InChI is InChI=1S/C24H25N3O4/c1-17-13-18(2)15-19(14-17)26(12-6-10-25)23(29)16-31-24(30)20-7-3-4-8-21(20)27-11-5-9-22(27)28/h3-4,7-8,13-15H,5-6,9,11-12,16H2,1-2H3. The van der Waals surface area contributed by atoms with Crippen molar-refractivity contribution in [2.45, 2.75) is 33.1 Å². The molecule has 160 valence electrons. The molecule has 7 heteroatoms. The zero-order chi connectivity index (χ0) is 22.4. The van der Waals surface area contributed by atoms with Gasteiger partial charge in [-0.3, -0.25) is 9.59 Å². The summed E-state index contributed by atoms with van der Waals surface area (Å²) in [4.78, 5) is 40.8. The van der Waals surface area contributed by atoms with Crippen molar-refractivity contribution in [2.24, 2.45) is 0 Å². The molecular formula is C24H25N3O4. The van der Waals surface area contributed by atoms with Gasteiger partial charge < -0.3 is 14.5 Å². The Balaban J connectivity index is 1.75. The molecule has 2 amide bonds. The Bertz CT molecular complexity index is 1020. The minimum atomic E-state index is -0.663. The zero-order valence-electron chi connectivity index (χ0n) is 17.8. The van der Waals surface area contributed by atoms with Gasteiger partial charge in [0, 0.05) is 25.2 Å². The van der Waals surface area contributed by atoms with Gasteiger partial charge in [0.2, 0.25) is 5.91 Å². The number of benzene rings is 2. The maximum atomic E-state index is 12.9. The summed E-state index contributed by atoms with van der Waals surface area (Å²) in [6.45, 7) is 4.16. The van der Waals surface area contributed by atoms with E-state index in [0.29, 0.717) is 24.3 Å². The van der Waals surface area contributed by atoms with E-state index in [-0.39, 0.29) is 24.4 Å². The Labute approximate surface area is 181 Å². The molecule has 0 aliphatic carbocycles. The van der Waals surface area contributed by atoms with Crippen molar-refractivity contribution in [1.82, 2.24) is 0 Å². The van der Waals surface area contributed by atoms with Gasteiger partial charge >= 0.3 is 5.97 Å². The summed E-state index contributed by atoms with van der Waals surface area (Å²) in [5, 5.41) is 8.97. The Hall–Kier alpha value is -3.66. The minimum absolute atomic E-state index is 0.0335. The molecule has 0 spiro atoms. The fourth-order valence-electron chi connectivity index (χ4n) is 3.73. The van der Waals surface area contributed by atoms with Gasteiger partial charge in [0.05, 0.1) is 23.7 Å². The van der Waals surface area contributed by atoms with Crippen LogP contribution in [0.15, 0.2) is 42.5 Å². The third kappa shape index (κ3) is 5.28. The van der Waals surface area contributed by atoms with E-state index in [1.54, 1.807) is 29.2 Å². The van der Waals surface area contributed by atoms with Crippen LogP contribution in [0.1, 0.15) is 40.7 Å². The first-order valence-corrected chi connectivity index (χ1v) is 10.2. The molecule has 0 atom stereocenters. The number of aryl methyl sites for hydroxylation is 2. The molecule has 1 aliphatic heterocycles. The highest BCUT2D eigenvalue weighted by molar-refractivity contribution is 6.04. The summed E-state index contributed by atoms with van der Waals surface area (Å²) < 4.78 is 5.32. The number of anilines is 2. The topological polar surface area (TPSA) is 90.7 Å². The second-order valence-electron chi connectivity index (χ2n) is 7.54. The van der Waals surface area contributed by atoms with Crippen LogP contribution in [-0.2, 0) is 14.3 Å². The number of esters is 1. The second kappa shape index (κ2) is 9.90. The maximum absolute atomic E-state index is 12.9. The first-order chi connectivity index (χ1) is 14.9. The lowest BCUT2D eigenvalue weighted by atomic mass is 10.1. The van der Waals surface area contributed by atoms with Gasteiger partial charge in [-0.2, -0.15) is 5.26 Å². The van der Waals surface area contributed by atoms with E-state index in [1.165, 1.54) is 4.90 Å². The number of carbonyl (C=O) groups is 3. The SMILES string of the molecule is Cc1cc(C)cc(N(CCC#N)C(=O)COC(=O)c2ccccc2N2CCCC2=O)c1. The zero-order valence-corrected chi connectivity index (χ0v) is 17.8. The van der Waals surface area contributed by atoms with Crippen LogP contribution in [0.2, 0.25) is 0 Å². The molecule has 0 bridgehead atoms. The molecular weight excluding hydrogens is 394 g/mol. The largest absolute Gasteiger partial charge is 0.452 e. The van der Waals surface area contributed by atoms with Crippen LogP contribution in [0.4, 0.5) is 11.4 Å². The van der Waals surface area contributed by atoms with E-state index in [1.807, 2.05) is 38.1 Å². The molecule has 2 aromatic rings. The van der Waals surface area contributed by atoms with E-state index < -0.39 is 18.5 Å². The van der Waals surface area contributed by atoms with Gasteiger partial charge in [0.15, 0.2) is 6.61 Å². The normalized spacial score (nSPS) is 13.1. The predicted octanol–water partition coefficient (Wildman–Crippen LogP) is 3.53. The summed E-state index contributed by atoms with van der Waals surface area (Å²) >= 11 is 0. The van der Waals surface area contributed by atoms with Crippen molar-refractivity contribution in [2.75, 3.05) is 29.5 Å². The summed E-state index contributed by atoms with van der Waals surface area (Å²) in [5.74, 6) is -1.11. The molecule has 31 heavy (non-hydrogen) atoms. The van der Waals surface area contributed by atoms with Crippen molar-refractivity contribution in [3.63, 3.8) is 0 Å². The van der Waals surface area contributed by atoms with Crippen LogP contribution >= 0.6 is 0 Å². The van der Waals surface area contributed by atoms with Crippen molar-refractivity contribution in [3.05, 3.63) is 59.2 Å². The molecule has 7 nitrogen and oxygen atoms in total. The number of nitrogens with zero attached hydrogens (tertiary/aromatic N) is 3. The molecule has 1 fully saturated rings. The molecule has 1 saturated heterocycles. The van der Waals surface area contributed by atoms with E-state index in [9.17, 15) is 14.4 Å². The number of para-hydroxylation sites is 1. The van der Waals surface area contributed by atoms with Crippen molar-refractivity contribution in [3.8, 4) is 6.07 Å². The van der Waals surface area contributed by atoms with Crippen LogP contribution in [-0.4, -0.2) is 37.5 Å². The van der Waals surface area contributed by atoms with E-state index in [2.05, 4.69) is 0 Å². The van der Waals surface area contributed by atoms with Crippen LogP contribution in [0, 0.1) is 25.2 Å². The Morgan fingerprint density at radius 3 is 2.52 bits per heavy atom. The molecule has 0 unspecified atom stereocenters. The fraction of sp³-hybridized carbons (Fsp3) is 0.333. The van der Waals surface area contributed by atoms with E-state index in [0.717, 1.165) is 17.5 Å². The van der Waals surface area contributed by atoms with E-state index >= 15 is 0 Å². The van der Waals surface area contributed by atoms with Crippen LogP contribution in [0.25, 0.3) is 0 Å². The highest BCUT2D eigenvalue weighted by Gasteiger charge is 2.27. The summed E-state index contributed by atoms with van der Waals surface area (Å²) in [6, 6.07) is 14.5. The molecule has 1 aliphatic rings. The van der Waals surface area contributed by atoms with Crippen LogP contribution < -0.4 is 9.80 Å². The highest BCUT2D eigenvalue weighted by Crippen LogP contribution is 2.26. The third-order valence-corrected chi connectivity index (χ3v) is 5.08. The minimum Gasteiger partial charge on any atom is -0.452 e. The number of ether oxygens (including phenoxy) is 1. The fourth-order valence-corrected chi connectivity index (χ4v) is 3.73. The molecule has 0 saturated carbocycles. The van der Waals surface area contributed by atoms with Crippen molar-refractivity contribution < 1.29 is 19.1 Å². The third-order valence-electron chi connectivity index (χ3n) is 5.08. The van der Waals surface area contributed by atoms with Crippen LogP contribution in [0.5, 0.6) is 0 Å². The molecule has 2 aromatic carbocycles. The highest BCUT2D eigenvalue weighted by atomic mass is 16.5. The second-order valence-corrected chi connectivity index (χ2v) is 7.54. The van der Waals surface area contributed by atoms with Crippen LogP contribution in [0.3, 0.4) is 0 Å². The lowest BCUT2D eigenvalue weighted by Gasteiger charge is -2.23. The molecule has 0 radical (unpaired) electrons. The van der Waals surface area contributed by atoms with Crippen molar-refractivity contribution in [1.29, 1.82) is 5.26 Å². The van der Waals surface area contributed by atoms with Gasteiger partial charge in [-0.25, -0.2) is 4.79 Å². The molecule has 3 rings (SSSR count). The smallest absolute Gasteiger partial charge is 0.340 e. The monoisotopic (exact) mass is 419 g/mol. The lowest BCUT2D eigenvalue weighted by Crippen LogP contribution is -2.36. The summed E-state index contributed by atoms with van der Waals surface area (Å²) in [5.41, 5.74) is 3.40. The number of carbonyl (C=O) groups excluding carboxylic acids is 3. The summed E-state index contributed by atoms with van der Waals surface area (Å²) in [6.07, 6.45) is 1.35. The quantitative estimate of drug-likeness (QED) is 0.641. The number of rotatable bonds is 7. The number of amides is 2. The van der Waals surface area contributed by atoms with Gasteiger partial charge in [0.25, 0.3) is 5.91 Å². The predicted molar refractivity (Wildman–Crippen MR) is 117 cm³/mol. The van der Waals surface area contributed by atoms with Gasteiger partial charge in [0.1, 0.15) is 0 Å². The first-order valence-electron chi connectivity index (χ1n) is 10.2. The molecule has 1 heterocycles. The number of hydrogen-bond acceptors (Lipinski definition) is 5.